The average molecular weight is 284 g/mol. The van der Waals surface area contributed by atoms with Gasteiger partial charge in [-0.1, -0.05) is 6.07 Å². The highest BCUT2D eigenvalue weighted by molar-refractivity contribution is 7.99. The third-order valence-corrected chi connectivity index (χ3v) is 5.42. The standard InChI is InChI=1S/C14H24N2S2/c1-12(2)16(10-14-4-3-8-18-14)7-5-13-11-17-9-6-15-13/h3-4,8,12-13,15H,5-7,9-11H2,1-2H3. The summed E-state index contributed by atoms with van der Waals surface area (Å²) in [5.74, 6) is 2.56. The molecular weight excluding hydrogens is 260 g/mol. The van der Waals surface area contributed by atoms with Crippen LogP contribution in [0.25, 0.3) is 0 Å². The van der Waals surface area contributed by atoms with Gasteiger partial charge in [0.15, 0.2) is 0 Å². The summed E-state index contributed by atoms with van der Waals surface area (Å²) in [7, 11) is 0. The normalized spacial score (nSPS) is 20.8. The SMILES string of the molecule is CC(C)N(CCC1CSCCN1)Cc1cccs1. The van der Waals surface area contributed by atoms with Crippen LogP contribution in [0.15, 0.2) is 17.5 Å². The Hall–Kier alpha value is -0.0300. The molecule has 4 heteroatoms. The molecule has 0 radical (unpaired) electrons. The fraction of sp³-hybridized carbons (Fsp3) is 0.714. The molecule has 2 heterocycles. The Morgan fingerprint density at radius 2 is 2.39 bits per heavy atom. The second kappa shape index (κ2) is 7.53. The van der Waals surface area contributed by atoms with E-state index in [2.05, 4.69) is 53.3 Å². The van der Waals surface area contributed by atoms with Gasteiger partial charge in [0.2, 0.25) is 0 Å². The van der Waals surface area contributed by atoms with Crippen molar-refractivity contribution in [1.29, 1.82) is 0 Å². The maximum atomic E-state index is 3.63. The highest BCUT2D eigenvalue weighted by Gasteiger charge is 2.16. The van der Waals surface area contributed by atoms with Crippen molar-refractivity contribution >= 4 is 23.1 Å². The van der Waals surface area contributed by atoms with E-state index in [0.717, 1.165) is 6.54 Å². The summed E-state index contributed by atoms with van der Waals surface area (Å²) in [6.07, 6.45) is 1.27. The number of hydrogen-bond acceptors (Lipinski definition) is 4. The Balaban J connectivity index is 1.78. The summed E-state index contributed by atoms with van der Waals surface area (Å²) < 4.78 is 0. The molecule has 0 saturated carbocycles. The van der Waals surface area contributed by atoms with E-state index in [1.54, 1.807) is 0 Å². The third kappa shape index (κ3) is 4.57. The van der Waals surface area contributed by atoms with Crippen LogP contribution in [0.4, 0.5) is 0 Å². The van der Waals surface area contributed by atoms with Crippen LogP contribution in [0.1, 0.15) is 25.1 Å². The number of thiophene rings is 1. The molecule has 0 amide bonds. The summed E-state index contributed by atoms with van der Waals surface area (Å²) in [4.78, 5) is 4.07. The van der Waals surface area contributed by atoms with E-state index in [1.807, 2.05) is 11.3 Å². The van der Waals surface area contributed by atoms with Crippen LogP contribution in [-0.4, -0.2) is 41.6 Å². The van der Waals surface area contributed by atoms with Gasteiger partial charge in [-0.25, -0.2) is 0 Å². The zero-order valence-electron chi connectivity index (χ0n) is 11.4. The molecule has 1 saturated heterocycles. The molecule has 0 aliphatic carbocycles. The van der Waals surface area contributed by atoms with E-state index in [1.165, 1.54) is 35.9 Å². The van der Waals surface area contributed by atoms with Crippen LogP contribution in [0, 0.1) is 0 Å². The lowest BCUT2D eigenvalue weighted by molar-refractivity contribution is 0.204. The summed E-state index contributed by atoms with van der Waals surface area (Å²) in [5, 5.41) is 5.80. The minimum absolute atomic E-state index is 0.628. The lowest BCUT2D eigenvalue weighted by atomic mass is 10.2. The van der Waals surface area contributed by atoms with Gasteiger partial charge in [-0.2, -0.15) is 11.8 Å². The Bertz CT molecular complexity index is 319. The fourth-order valence-electron chi connectivity index (χ4n) is 2.25. The number of rotatable bonds is 6. The van der Waals surface area contributed by atoms with Gasteiger partial charge in [0.25, 0.3) is 0 Å². The molecule has 1 aromatic rings. The third-order valence-electron chi connectivity index (χ3n) is 3.43. The Kier molecular flexibility index (Phi) is 6.02. The van der Waals surface area contributed by atoms with Gasteiger partial charge < -0.3 is 5.32 Å². The quantitative estimate of drug-likeness (QED) is 0.864. The molecule has 2 rings (SSSR count). The largest absolute Gasteiger partial charge is 0.312 e. The van der Waals surface area contributed by atoms with Crippen LogP contribution < -0.4 is 5.32 Å². The van der Waals surface area contributed by atoms with Crippen molar-refractivity contribution < 1.29 is 0 Å². The van der Waals surface area contributed by atoms with E-state index in [-0.39, 0.29) is 0 Å². The van der Waals surface area contributed by atoms with Crippen molar-refractivity contribution in [2.24, 2.45) is 0 Å². The summed E-state index contributed by atoms with van der Waals surface area (Å²) in [5.41, 5.74) is 0. The molecule has 0 bridgehead atoms. The van der Waals surface area contributed by atoms with Gasteiger partial charge in [0.1, 0.15) is 0 Å². The van der Waals surface area contributed by atoms with Crippen molar-refractivity contribution in [3.8, 4) is 0 Å². The minimum Gasteiger partial charge on any atom is -0.312 e. The Labute approximate surface area is 119 Å². The summed E-state index contributed by atoms with van der Waals surface area (Å²) >= 11 is 3.96. The monoisotopic (exact) mass is 284 g/mol. The predicted octanol–water partition coefficient (Wildman–Crippen LogP) is 3.05. The highest BCUT2D eigenvalue weighted by atomic mass is 32.2. The highest BCUT2D eigenvalue weighted by Crippen LogP contribution is 2.16. The Morgan fingerprint density at radius 1 is 1.50 bits per heavy atom. The average Bonchev–Trinajstić information content (AvgIpc) is 2.88. The molecule has 18 heavy (non-hydrogen) atoms. The van der Waals surface area contributed by atoms with E-state index in [0.29, 0.717) is 12.1 Å². The van der Waals surface area contributed by atoms with E-state index >= 15 is 0 Å². The number of nitrogens with zero attached hydrogens (tertiary/aromatic N) is 1. The van der Waals surface area contributed by atoms with E-state index < -0.39 is 0 Å². The smallest absolute Gasteiger partial charge is 0.0330 e. The lowest BCUT2D eigenvalue weighted by Crippen LogP contribution is -2.41. The topological polar surface area (TPSA) is 15.3 Å². The summed E-state index contributed by atoms with van der Waals surface area (Å²) in [6, 6.07) is 5.74. The zero-order valence-corrected chi connectivity index (χ0v) is 13.0. The molecule has 1 unspecified atom stereocenters. The van der Waals surface area contributed by atoms with Crippen molar-refractivity contribution in [3.05, 3.63) is 22.4 Å². The van der Waals surface area contributed by atoms with Crippen molar-refractivity contribution in [1.82, 2.24) is 10.2 Å². The van der Waals surface area contributed by atoms with Gasteiger partial charge >= 0.3 is 0 Å². The number of thioether (sulfide) groups is 1. The molecular formula is C14H24N2S2. The van der Waals surface area contributed by atoms with Crippen molar-refractivity contribution in [3.63, 3.8) is 0 Å². The van der Waals surface area contributed by atoms with E-state index in [4.69, 9.17) is 0 Å². The second-order valence-corrected chi connectivity index (χ2v) is 7.34. The van der Waals surface area contributed by atoms with Crippen LogP contribution in [0.3, 0.4) is 0 Å². The first-order valence-corrected chi connectivity index (χ1v) is 8.86. The predicted molar refractivity (Wildman–Crippen MR) is 83.6 cm³/mol. The molecule has 1 fully saturated rings. The number of nitrogens with one attached hydrogen (secondary N) is 1. The van der Waals surface area contributed by atoms with Crippen LogP contribution in [0.5, 0.6) is 0 Å². The van der Waals surface area contributed by atoms with Crippen LogP contribution >= 0.6 is 23.1 Å². The van der Waals surface area contributed by atoms with Crippen molar-refractivity contribution in [2.45, 2.75) is 38.9 Å². The number of hydrogen-bond donors (Lipinski definition) is 1. The molecule has 1 aromatic heterocycles. The first-order valence-electron chi connectivity index (χ1n) is 6.83. The molecule has 1 atom stereocenters. The fourth-order valence-corrected chi connectivity index (χ4v) is 3.98. The molecule has 1 aliphatic heterocycles. The van der Waals surface area contributed by atoms with Gasteiger partial charge in [0, 0.05) is 48.1 Å². The van der Waals surface area contributed by atoms with Crippen LogP contribution in [0.2, 0.25) is 0 Å². The maximum absolute atomic E-state index is 3.63. The first-order chi connectivity index (χ1) is 8.75. The summed E-state index contributed by atoms with van der Waals surface area (Å²) in [6.45, 7) is 8.10. The van der Waals surface area contributed by atoms with Crippen LogP contribution in [-0.2, 0) is 6.54 Å². The molecule has 1 N–H and O–H groups in total. The molecule has 0 aromatic carbocycles. The molecule has 102 valence electrons. The van der Waals surface area contributed by atoms with Crippen molar-refractivity contribution in [2.75, 3.05) is 24.6 Å². The van der Waals surface area contributed by atoms with Gasteiger partial charge in [-0.05, 0) is 31.7 Å². The van der Waals surface area contributed by atoms with E-state index in [9.17, 15) is 0 Å². The Morgan fingerprint density at radius 3 is 3.00 bits per heavy atom. The molecule has 0 spiro atoms. The second-order valence-electron chi connectivity index (χ2n) is 5.16. The van der Waals surface area contributed by atoms with Gasteiger partial charge in [-0.15, -0.1) is 11.3 Å². The minimum atomic E-state index is 0.628. The van der Waals surface area contributed by atoms with Gasteiger partial charge in [-0.3, -0.25) is 4.90 Å². The molecule has 1 aliphatic rings. The molecule has 2 nitrogen and oxygen atoms in total. The lowest BCUT2D eigenvalue weighted by Gasteiger charge is -2.29. The first kappa shape index (κ1) is 14.4. The maximum Gasteiger partial charge on any atom is 0.0330 e. The van der Waals surface area contributed by atoms with Gasteiger partial charge in [0.05, 0.1) is 0 Å². The zero-order chi connectivity index (χ0) is 12.8.